The summed E-state index contributed by atoms with van der Waals surface area (Å²) in [4.78, 5) is 0. The van der Waals surface area contributed by atoms with Crippen molar-refractivity contribution in [2.24, 2.45) is 5.73 Å². The third-order valence-corrected chi connectivity index (χ3v) is 6.11. The third kappa shape index (κ3) is 1.70. The van der Waals surface area contributed by atoms with E-state index < -0.39 is 8.72 Å². The van der Waals surface area contributed by atoms with E-state index in [1.165, 1.54) is 6.42 Å². The van der Waals surface area contributed by atoms with Gasteiger partial charge in [0.15, 0.2) is 0 Å². The van der Waals surface area contributed by atoms with Gasteiger partial charge in [-0.3, -0.25) is 4.57 Å². The first kappa shape index (κ1) is 10.1. The summed E-state index contributed by atoms with van der Waals surface area (Å²) in [6, 6.07) is 1.07. The van der Waals surface area contributed by atoms with Crippen LogP contribution in [0.5, 0.6) is 0 Å². The van der Waals surface area contributed by atoms with Crippen molar-refractivity contribution in [3.63, 3.8) is 0 Å². The van der Waals surface area contributed by atoms with Crippen molar-refractivity contribution in [3.8, 4) is 0 Å². The van der Waals surface area contributed by atoms with E-state index in [1.807, 2.05) is 0 Å². The van der Waals surface area contributed by atoms with Gasteiger partial charge in [-0.1, -0.05) is 0 Å². The predicted octanol–water partition coefficient (Wildman–Crippen LogP) is -0.117. The van der Waals surface area contributed by atoms with E-state index in [1.54, 1.807) is 14.2 Å². The highest BCUT2D eigenvalue weighted by molar-refractivity contribution is 6.65. The van der Waals surface area contributed by atoms with E-state index in [9.17, 15) is 0 Å². The second kappa shape index (κ2) is 4.34. The van der Waals surface area contributed by atoms with Crippen molar-refractivity contribution in [2.75, 3.05) is 33.9 Å². The molecule has 1 heterocycles. The molecule has 0 aromatic heterocycles. The summed E-state index contributed by atoms with van der Waals surface area (Å²) in [5, 5.41) is 0. The average molecular weight is 190 g/mol. The summed E-state index contributed by atoms with van der Waals surface area (Å²) in [6.07, 6.45) is 1.17. The van der Waals surface area contributed by atoms with Crippen LogP contribution in [0, 0.1) is 0 Å². The van der Waals surface area contributed by atoms with Crippen molar-refractivity contribution in [1.82, 2.24) is 4.57 Å². The monoisotopic (exact) mass is 190 g/mol. The van der Waals surface area contributed by atoms with Gasteiger partial charge in [0, 0.05) is 33.4 Å². The molecule has 0 aromatic carbocycles. The Bertz CT molecular complexity index is 141. The summed E-state index contributed by atoms with van der Waals surface area (Å²) in [5.41, 5.74) is 5.51. The van der Waals surface area contributed by atoms with E-state index in [0.29, 0.717) is 6.54 Å². The molecule has 0 unspecified atom stereocenters. The molecule has 1 rings (SSSR count). The van der Waals surface area contributed by atoms with Gasteiger partial charge in [-0.15, -0.1) is 0 Å². The van der Waals surface area contributed by atoms with Gasteiger partial charge >= 0.3 is 8.72 Å². The molecule has 2 N–H and O–H groups in total. The molecule has 0 amide bonds. The first-order valence-corrected chi connectivity index (χ1v) is 6.31. The maximum Gasteiger partial charge on any atom is 0.427 e. The summed E-state index contributed by atoms with van der Waals surface area (Å²) in [7, 11) is 1.50. The smallest absolute Gasteiger partial charge is 0.386 e. The van der Waals surface area contributed by atoms with Crippen molar-refractivity contribution in [2.45, 2.75) is 12.5 Å². The average Bonchev–Trinajstić information content (AvgIpc) is 2.50. The number of rotatable bonds is 4. The molecule has 1 saturated heterocycles. The van der Waals surface area contributed by atoms with Crippen LogP contribution in [0.25, 0.3) is 0 Å². The zero-order chi connectivity index (χ0) is 9.03. The molecule has 0 atom stereocenters. The third-order valence-electron chi connectivity index (χ3n) is 2.44. The lowest BCUT2D eigenvalue weighted by Crippen LogP contribution is -2.54. The molecule has 1 fully saturated rings. The molecule has 5 heteroatoms. The summed E-state index contributed by atoms with van der Waals surface area (Å²) >= 11 is 0. The molecule has 12 heavy (non-hydrogen) atoms. The SMILES string of the molecule is CO[Si]1(OC)CCCN1CCN. The Kier molecular flexibility index (Phi) is 3.67. The minimum absolute atomic E-state index is 0.682. The first-order chi connectivity index (χ1) is 5.79. The second-order valence-corrected chi connectivity index (χ2v) is 6.37. The highest BCUT2D eigenvalue weighted by Crippen LogP contribution is 2.26. The van der Waals surface area contributed by atoms with E-state index in [-0.39, 0.29) is 0 Å². The van der Waals surface area contributed by atoms with E-state index in [0.717, 1.165) is 19.1 Å². The number of nitrogens with two attached hydrogens (primary N) is 1. The van der Waals surface area contributed by atoms with Crippen molar-refractivity contribution >= 4 is 8.72 Å². The zero-order valence-electron chi connectivity index (χ0n) is 7.88. The number of nitrogens with zero attached hydrogens (tertiary/aromatic N) is 1. The molecule has 4 nitrogen and oxygen atoms in total. The van der Waals surface area contributed by atoms with Gasteiger partial charge < -0.3 is 14.6 Å². The first-order valence-electron chi connectivity index (χ1n) is 4.34. The van der Waals surface area contributed by atoms with E-state index in [2.05, 4.69) is 4.57 Å². The minimum Gasteiger partial charge on any atom is -0.386 e. The summed E-state index contributed by atoms with van der Waals surface area (Å²) in [6.45, 7) is 2.65. The van der Waals surface area contributed by atoms with Crippen LogP contribution in [-0.2, 0) is 8.85 Å². The van der Waals surface area contributed by atoms with Gasteiger partial charge in [-0.2, -0.15) is 0 Å². The molecular weight excluding hydrogens is 172 g/mol. The van der Waals surface area contributed by atoms with Crippen molar-refractivity contribution in [1.29, 1.82) is 0 Å². The minimum atomic E-state index is -1.98. The van der Waals surface area contributed by atoms with Gasteiger partial charge in [-0.25, -0.2) is 0 Å². The Morgan fingerprint density at radius 2 is 2.08 bits per heavy atom. The van der Waals surface area contributed by atoms with Crippen LogP contribution in [0.15, 0.2) is 0 Å². The van der Waals surface area contributed by atoms with Gasteiger partial charge in [0.1, 0.15) is 0 Å². The molecule has 0 aliphatic carbocycles. The van der Waals surface area contributed by atoms with Gasteiger partial charge in [0.2, 0.25) is 0 Å². The lowest BCUT2D eigenvalue weighted by Gasteiger charge is -2.31. The van der Waals surface area contributed by atoms with Gasteiger partial charge in [0.25, 0.3) is 0 Å². The normalized spacial score (nSPS) is 23.2. The molecular formula is C7H18N2O2Si. The molecule has 0 bridgehead atoms. The van der Waals surface area contributed by atoms with Crippen LogP contribution in [0.3, 0.4) is 0 Å². The fourth-order valence-electron chi connectivity index (χ4n) is 1.81. The Balaban J connectivity index is 2.58. The standard InChI is InChI=1S/C7H18N2O2Si/c1-10-12(11-2)7-3-5-9(12)6-4-8/h3-8H2,1-2H3. The molecule has 0 spiro atoms. The van der Waals surface area contributed by atoms with Gasteiger partial charge in [-0.05, 0) is 13.0 Å². The molecule has 0 saturated carbocycles. The Hall–Kier alpha value is 0.0569. The molecule has 0 radical (unpaired) electrons. The molecule has 0 aromatic rings. The highest BCUT2D eigenvalue weighted by atomic mass is 28.4. The summed E-state index contributed by atoms with van der Waals surface area (Å²) in [5.74, 6) is 0. The van der Waals surface area contributed by atoms with Crippen LogP contribution >= 0.6 is 0 Å². The maximum absolute atomic E-state index is 5.51. The zero-order valence-corrected chi connectivity index (χ0v) is 8.88. The predicted molar refractivity (Wildman–Crippen MR) is 49.8 cm³/mol. The van der Waals surface area contributed by atoms with E-state index in [4.69, 9.17) is 14.6 Å². The van der Waals surface area contributed by atoms with Gasteiger partial charge in [0.05, 0.1) is 0 Å². The van der Waals surface area contributed by atoms with Crippen LogP contribution in [0.2, 0.25) is 6.04 Å². The second-order valence-electron chi connectivity index (χ2n) is 3.00. The summed E-state index contributed by atoms with van der Waals surface area (Å²) < 4.78 is 13.3. The van der Waals surface area contributed by atoms with Crippen LogP contribution in [-0.4, -0.2) is 47.1 Å². The lowest BCUT2D eigenvalue weighted by molar-refractivity contribution is 0.184. The number of hydrogen-bond acceptors (Lipinski definition) is 4. The largest absolute Gasteiger partial charge is 0.427 e. The number of hydrogen-bond donors (Lipinski definition) is 1. The Morgan fingerprint density at radius 3 is 2.58 bits per heavy atom. The maximum atomic E-state index is 5.51. The highest BCUT2D eigenvalue weighted by Gasteiger charge is 2.46. The lowest BCUT2D eigenvalue weighted by atomic mass is 10.5. The molecule has 72 valence electrons. The van der Waals surface area contributed by atoms with Crippen LogP contribution in [0.1, 0.15) is 6.42 Å². The van der Waals surface area contributed by atoms with E-state index >= 15 is 0 Å². The van der Waals surface area contributed by atoms with Crippen LogP contribution in [0.4, 0.5) is 0 Å². The molecule has 1 aliphatic rings. The quantitative estimate of drug-likeness (QED) is 0.628. The fraction of sp³-hybridized carbons (Fsp3) is 1.00. The Morgan fingerprint density at radius 1 is 1.42 bits per heavy atom. The topological polar surface area (TPSA) is 47.7 Å². The Labute approximate surface area is 75.0 Å². The fourth-order valence-corrected chi connectivity index (χ4v) is 4.79. The van der Waals surface area contributed by atoms with Crippen molar-refractivity contribution in [3.05, 3.63) is 0 Å². The van der Waals surface area contributed by atoms with Crippen LogP contribution < -0.4 is 5.73 Å². The van der Waals surface area contributed by atoms with Crippen molar-refractivity contribution < 1.29 is 8.85 Å². The molecule has 1 aliphatic heterocycles.